The molecule has 0 aromatic heterocycles. The molecule has 1 aromatic carbocycles. The van der Waals surface area contributed by atoms with Crippen LogP contribution in [0.25, 0.3) is 5.32 Å². The zero-order chi connectivity index (χ0) is 11.5. The van der Waals surface area contributed by atoms with Crippen molar-refractivity contribution in [3.05, 3.63) is 57.9 Å². The van der Waals surface area contributed by atoms with Crippen LogP contribution in [-0.4, -0.2) is 11.8 Å². The number of hydrogen-bond acceptors (Lipinski definition) is 1. The molecule has 1 atom stereocenters. The predicted octanol–water partition coefficient (Wildman–Crippen LogP) is 4.43. The van der Waals surface area contributed by atoms with Crippen molar-refractivity contribution in [3.63, 3.8) is 0 Å². The van der Waals surface area contributed by atoms with Crippen LogP contribution < -0.4 is 0 Å². The Hall–Kier alpha value is -1.25. The van der Waals surface area contributed by atoms with Gasteiger partial charge in [-0.2, -0.15) is 0 Å². The second-order valence-corrected chi connectivity index (χ2v) is 4.26. The molecule has 0 saturated heterocycles. The summed E-state index contributed by atoms with van der Waals surface area (Å²) in [5.41, 5.74) is 1.22. The van der Waals surface area contributed by atoms with Gasteiger partial charge < -0.3 is 10.7 Å². The van der Waals surface area contributed by atoms with E-state index < -0.39 is 0 Å². The van der Waals surface area contributed by atoms with Gasteiger partial charge in [-0.1, -0.05) is 47.5 Å². The molecule has 0 amide bonds. The third-order valence-corrected chi connectivity index (χ3v) is 2.68. The number of benzene rings is 1. The molecule has 82 valence electrons. The molecule has 0 aliphatic heterocycles. The second-order valence-electron chi connectivity index (χ2n) is 3.39. The van der Waals surface area contributed by atoms with Gasteiger partial charge in [-0.3, -0.25) is 0 Å². The topological polar surface area (TPSA) is 38.0 Å². The van der Waals surface area contributed by atoms with E-state index in [1.54, 1.807) is 30.4 Å². The summed E-state index contributed by atoms with van der Waals surface area (Å²) >= 11 is 11.6. The molecule has 1 aliphatic carbocycles. The molecule has 0 saturated carbocycles. The van der Waals surface area contributed by atoms with Gasteiger partial charge in [0.1, 0.15) is 0 Å². The Bertz CT molecular complexity index is 460. The van der Waals surface area contributed by atoms with Crippen LogP contribution in [0, 0.1) is 5.41 Å². The van der Waals surface area contributed by atoms with E-state index in [1.165, 1.54) is 0 Å². The number of allylic oxidation sites excluding steroid dienone is 2. The van der Waals surface area contributed by atoms with Gasteiger partial charge in [0.15, 0.2) is 0 Å². The van der Waals surface area contributed by atoms with Gasteiger partial charge in [0.25, 0.3) is 0 Å². The highest BCUT2D eigenvalue weighted by Crippen LogP contribution is 2.27. The maximum Gasteiger partial charge on any atom is 0.0405 e. The summed E-state index contributed by atoms with van der Waals surface area (Å²) in [6.45, 7) is 0. The zero-order valence-electron chi connectivity index (χ0n) is 8.32. The number of halogens is 2. The Labute approximate surface area is 104 Å². The lowest BCUT2D eigenvalue weighted by Crippen LogP contribution is -2.15. The SMILES string of the molecule is N=C1C=CC(Cl)=CC1[N-]c1ccc(Cl)cc1. The van der Waals surface area contributed by atoms with Gasteiger partial charge in [-0.15, -0.1) is 5.69 Å². The summed E-state index contributed by atoms with van der Waals surface area (Å²) in [6, 6.07) is 6.87. The van der Waals surface area contributed by atoms with Crippen LogP contribution in [0.4, 0.5) is 5.69 Å². The van der Waals surface area contributed by atoms with Crippen LogP contribution in [0.15, 0.2) is 47.5 Å². The van der Waals surface area contributed by atoms with E-state index in [1.807, 2.05) is 12.1 Å². The number of nitrogens with zero attached hydrogens (tertiary/aromatic N) is 1. The average Bonchev–Trinajstić information content (AvgIpc) is 2.27. The second kappa shape index (κ2) is 4.73. The summed E-state index contributed by atoms with van der Waals surface area (Å²) in [5.74, 6) is 0. The molecule has 1 N–H and O–H groups in total. The van der Waals surface area contributed by atoms with Crippen molar-refractivity contribution in [1.82, 2.24) is 0 Å². The van der Waals surface area contributed by atoms with E-state index in [2.05, 4.69) is 5.32 Å². The summed E-state index contributed by atoms with van der Waals surface area (Å²) in [4.78, 5) is 0. The molecule has 0 spiro atoms. The van der Waals surface area contributed by atoms with Gasteiger partial charge >= 0.3 is 0 Å². The Morgan fingerprint density at radius 2 is 1.75 bits per heavy atom. The molecule has 1 aliphatic rings. The monoisotopic (exact) mass is 251 g/mol. The molecular formula is C12H9Cl2N2-. The molecule has 1 unspecified atom stereocenters. The minimum Gasteiger partial charge on any atom is -0.674 e. The predicted molar refractivity (Wildman–Crippen MR) is 69.1 cm³/mol. The van der Waals surface area contributed by atoms with E-state index >= 15 is 0 Å². The normalized spacial score (nSPS) is 19.5. The largest absolute Gasteiger partial charge is 0.674 e. The first-order chi connectivity index (χ1) is 7.65. The maximum atomic E-state index is 7.72. The highest BCUT2D eigenvalue weighted by Gasteiger charge is 2.05. The Morgan fingerprint density at radius 1 is 1.06 bits per heavy atom. The van der Waals surface area contributed by atoms with Crippen LogP contribution in [-0.2, 0) is 0 Å². The van der Waals surface area contributed by atoms with Gasteiger partial charge in [0, 0.05) is 15.8 Å². The maximum absolute atomic E-state index is 7.72. The standard InChI is InChI=1S/C12H9Cl2N2/c13-8-1-4-10(5-2-8)16-12-7-9(14)3-6-11(12)15/h1-7,12,15H/q-1. The molecule has 4 heteroatoms. The van der Waals surface area contributed by atoms with Crippen molar-refractivity contribution in [2.75, 3.05) is 0 Å². The molecule has 0 heterocycles. The number of nitrogens with one attached hydrogen (secondary N) is 1. The lowest BCUT2D eigenvalue weighted by atomic mass is 10.1. The van der Waals surface area contributed by atoms with Crippen molar-refractivity contribution >= 4 is 34.6 Å². The smallest absolute Gasteiger partial charge is 0.0405 e. The average molecular weight is 252 g/mol. The fourth-order valence-electron chi connectivity index (χ4n) is 1.36. The molecule has 0 bridgehead atoms. The first-order valence-electron chi connectivity index (χ1n) is 4.75. The fraction of sp³-hybridized carbons (Fsp3) is 0.0833. The summed E-state index contributed by atoms with van der Waals surface area (Å²) in [7, 11) is 0. The minimum absolute atomic E-state index is 0.307. The molecule has 0 fully saturated rings. The summed E-state index contributed by atoms with van der Waals surface area (Å²) in [6.07, 6.45) is 5.10. The Morgan fingerprint density at radius 3 is 2.44 bits per heavy atom. The number of rotatable bonds is 2. The third-order valence-electron chi connectivity index (χ3n) is 2.17. The Kier molecular flexibility index (Phi) is 3.32. The van der Waals surface area contributed by atoms with Gasteiger partial charge in [-0.25, -0.2) is 0 Å². The van der Waals surface area contributed by atoms with Crippen LogP contribution in [0.2, 0.25) is 5.02 Å². The van der Waals surface area contributed by atoms with Crippen molar-refractivity contribution in [1.29, 1.82) is 5.41 Å². The molecule has 0 radical (unpaired) electrons. The van der Waals surface area contributed by atoms with Crippen LogP contribution in [0.3, 0.4) is 0 Å². The molecule has 2 rings (SSSR count). The molecule has 1 aromatic rings. The summed E-state index contributed by atoms with van der Waals surface area (Å²) < 4.78 is 0. The van der Waals surface area contributed by atoms with E-state index in [-0.39, 0.29) is 6.04 Å². The van der Waals surface area contributed by atoms with Gasteiger partial charge in [0.2, 0.25) is 0 Å². The van der Waals surface area contributed by atoms with Crippen molar-refractivity contribution in [2.24, 2.45) is 0 Å². The van der Waals surface area contributed by atoms with Crippen LogP contribution in [0.1, 0.15) is 0 Å². The highest BCUT2D eigenvalue weighted by molar-refractivity contribution is 6.32. The molecular weight excluding hydrogens is 243 g/mol. The van der Waals surface area contributed by atoms with Gasteiger partial charge in [0.05, 0.1) is 0 Å². The van der Waals surface area contributed by atoms with E-state index in [0.29, 0.717) is 15.8 Å². The quantitative estimate of drug-likeness (QED) is 0.808. The van der Waals surface area contributed by atoms with Crippen LogP contribution >= 0.6 is 23.2 Å². The van der Waals surface area contributed by atoms with Gasteiger partial charge in [-0.05, 0) is 24.3 Å². The zero-order valence-corrected chi connectivity index (χ0v) is 9.83. The minimum atomic E-state index is -0.307. The molecule has 2 nitrogen and oxygen atoms in total. The lowest BCUT2D eigenvalue weighted by molar-refractivity contribution is 1.20. The highest BCUT2D eigenvalue weighted by atomic mass is 35.5. The molecule has 16 heavy (non-hydrogen) atoms. The van der Waals surface area contributed by atoms with E-state index in [0.717, 1.165) is 5.69 Å². The van der Waals surface area contributed by atoms with Crippen molar-refractivity contribution < 1.29 is 0 Å². The summed E-state index contributed by atoms with van der Waals surface area (Å²) in [5, 5.41) is 13.4. The van der Waals surface area contributed by atoms with Crippen LogP contribution in [0.5, 0.6) is 0 Å². The first-order valence-corrected chi connectivity index (χ1v) is 5.51. The third kappa shape index (κ3) is 2.65. The Balaban J connectivity index is 2.13. The van der Waals surface area contributed by atoms with E-state index in [4.69, 9.17) is 28.6 Å². The van der Waals surface area contributed by atoms with Crippen molar-refractivity contribution in [3.8, 4) is 0 Å². The fourth-order valence-corrected chi connectivity index (χ4v) is 1.67. The lowest BCUT2D eigenvalue weighted by Gasteiger charge is -2.32. The van der Waals surface area contributed by atoms with Crippen molar-refractivity contribution in [2.45, 2.75) is 6.04 Å². The van der Waals surface area contributed by atoms with E-state index in [9.17, 15) is 0 Å². The number of hydrogen-bond donors (Lipinski definition) is 1. The first kappa shape index (κ1) is 11.2.